The Kier molecular flexibility index (Phi) is 4.85. The zero-order valence-corrected chi connectivity index (χ0v) is 12.5. The molecule has 0 unspecified atom stereocenters. The second-order valence-electron chi connectivity index (χ2n) is 5.48. The highest BCUT2D eigenvalue weighted by Gasteiger charge is 2.20. The summed E-state index contributed by atoms with van der Waals surface area (Å²) in [4.78, 5) is 4.51. The summed E-state index contributed by atoms with van der Waals surface area (Å²) in [6.45, 7) is 3.70. The highest BCUT2D eigenvalue weighted by atomic mass is 16.5. The van der Waals surface area contributed by atoms with Gasteiger partial charge < -0.3 is 19.4 Å². The maximum absolute atomic E-state index is 5.56. The van der Waals surface area contributed by atoms with Crippen molar-refractivity contribution < 1.29 is 9.47 Å². The van der Waals surface area contributed by atoms with Gasteiger partial charge in [-0.1, -0.05) is 0 Å². The van der Waals surface area contributed by atoms with Gasteiger partial charge >= 0.3 is 0 Å². The van der Waals surface area contributed by atoms with Crippen LogP contribution in [0.4, 0.5) is 0 Å². The molecule has 0 aliphatic heterocycles. The Hall–Kier alpha value is -1.43. The second-order valence-corrected chi connectivity index (χ2v) is 5.48. The second kappa shape index (κ2) is 7.02. The Balaban J connectivity index is 1.65. The number of rotatable bonds is 9. The highest BCUT2D eigenvalue weighted by molar-refractivity contribution is 5.80. The maximum atomic E-state index is 5.56. The van der Waals surface area contributed by atoms with Crippen LogP contribution in [0, 0.1) is 0 Å². The van der Waals surface area contributed by atoms with Crippen LogP contribution in [0.5, 0.6) is 0 Å². The number of fused-ring (bicyclic) bond motifs is 1. The van der Waals surface area contributed by atoms with E-state index in [1.807, 2.05) is 12.3 Å². The first-order valence-corrected chi connectivity index (χ1v) is 7.61. The maximum Gasteiger partial charge on any atom is 0.140 e. The molecular weight excluding hydrogens is 266 g/mol. The van der Waals surface area contributed by atoms with Gasteiger partial charge in [0.25, 0.3) is 0 Å². The van der Waals surface area contributed by atoms with Crippen molar-refractivity contribution >= 4 is 11.0 Å². The van der Waals surface area contributed by atoms with Crippen molar-refractivity contribution in [1.82, 2.24) is 14.9 Å². The molecule has 0 radical (unpaired) electrons. The van der Waals surface area contributed by atoms with Crippen molar-refractivity contribution in [2.75, 3.05) is 26.9 Å². The lowest BCUT2D eigenvalue weighted by Crippen LogP contribution is -2.15. The zero-order valence-electron chi connectivity index (χ0n) is 12.5. The predicted molar refractivity (Wildman–Crippen MR) is 82.3 cm³/mol. The molecule has 2 aromatic rings. The van der Waals surface area contributed by atoms with Crippen LogP contribution < -0.4 is 5.32 Å². The lowest BCUT2D eigenvalue weighted by molar-refractivity contribution is 0.0669. The number of hydrogen-bond acceptors (Lipinski definition) is 4. The molecule has 1 aliphatic rings. The minimum Gasteiger partial charge on any atom is -0.382 e. The summed E-state index contributed by atoms with van der Waals surface area (Å²) in [7, 11) is 1.69. The van der Waals surface area contributed by atoms with Crippen molar-refractivity contribution in [3.05, 3.63) is 30.1 Å². The van der Waals surface area contributed by atoms with E-state index in [1.165, 1.54) is 23.8 Å². The van der Waals surface area contributed by atoms with Gasteiger partial charge in [0.15, 0.2) is 0 Å². The normalized spacial score (nSPS) is 14.9. The van der Waals surface area contributed by atoms with Gasteiger partial charge in [-0.25, -0.2) is 4.98 Å². The summed E-state index contributed by atoms with van der Waals surface area (Å²) >= 11 is 0. The summed E-state index contributed by atoms with van der Waals surface area (Å²) in [6.07, 6.45) is 6.67. The number of hydrogen-bond donors (Lipinski definition) is 1. The van der Waals surface area contributed by atoms with Crippen LogP contribution >= 0.6 is 0 Å². The monoisotopic (exact) mass is 289 g/mol. The van der Waals surface area contributed by atoms with Gasteiger partial charge in [0.05, 0.1) is 19.8 Å². The van der Waals surface area contributed by atoms with Crippen molar-refractivity contribution in [2.45, 2.75) is 32.0 Å². The average molecular weight is 289 g/mol. The highest BCUT2D eigenvalue weighted by Crippen LogP contribution is 2.23. The number of pyridine rings is 1. The van der Waals surface area contributed by atoms with Gasteiger partial charge in [0.1, 0.15) is 5.65 Å². The number of nitrogens with one attached hydrogen (secondary N) is 1. The van der Waals surface area contributed by atoms with Crippen molar-refractivity contribution in [3.8, 4) is 0 Å². The van der Waals surface area contributed by atoms with Crippen LogP contribution in [0.25, 0.3) is 11.0 Å². The SMILES string of the molecule is COCCOCCn1cc(CNC2CC2)c2cccnc21. The standard InChI is InChI=1S/C16H23N3O2/c1-20-9-10-21-8-7-19-12-13(11-18-14-4-5-14)15-3-2-6-17-16(15)19/h2-3,6,12,14,18H,4-5,7-11H2,1H3. The number of ether oxygens (including phenoxy) is 2. The third-order valence-corrected chi connectivity index (χ3v) is 3.78. The van der Waals surface area contributed by atoms with E-state index in [1.54, 1.807) is 7.11 Å². The first kappa shape index (κ1) is 14.5. The molecule has 0 amide bonds. The molecular formula is C16H23N3O2. The van der Waals surface area contributed by atoms with Gasteiger partial charge in [-0.3, -0.25) is 0 Å². The largest absolute Gasteiger partial charge is 0.382 e. The summed E-state index contributed by atoms with van der Waals surface area (Å²) in [5.41, 5.74) is 2.36. The first-order valence-electron chi connectivity index (χ1n) is 7.61. The molecule has 1 saturated carbocycles. The van der Waals surface area contributed by atoms with E-state index in [2.05, 4.69) is 27.1 Å². The molecule has 5 nitrogen and oxygen atoms in total. The quantitative estimate of drug-likeness (QED) is 0.717. The molecule has 114 valence electrons. The van der Waals surface area contributed by atoms with Gasteiger partial charge in [-0.15, -0.1) is 0 Å². The number of methoxy groups -OCH3 is 1. The first-order chi connectivity index (χ1) is 10.4. The molecule has 0 spiro atoms. The summed E-state index contributed by atoms with van der Waals surface area (Å²) in [6, 6.07) is 4.87. The molecule has 5 heteroatoms. The molecule has 0 aromatic carbocycles. The summed E-state index contributed by atoms with van der Waals surface area (Å²) < 4.78 is 12.7. The third-order valence-electron chi connectivity index (χ3n) is 3.78. The summed E-state index contributed by atoms with van der Waals surface area (Å²) in [5.74, 6) is 0. The van der Waals surface area contributed by atoms with Crippen LogP contribution in [0.2, 0.25) is 0 Å². The summed E-state index contributed by atoms with van der Waals surface area (Å²) in [5, 5.41) is 4.81. The minimum absolute atomic E-state index is 0.638. The number of nitrogens with zero attached hydrogens (tertiary/aromatic N) is 2. The molecule has 2 aromatic heterocycles. The van der Waals surface area contributed by atoms with E-state index < -0.39 is 0 Å². The van der Waals surface area contributed by atoms with E-state index in [0.29, 0.717) is 19.8 Å². The Morgan fingerprint density at radius 1 is 1.33 bits per heavy atom. The van der Waals surface area contributed by atoms with E-state index in [9.17, 15) is 0 Å². The van der Waals surface area contributed by atoms with E-state index in [0.717, 1.165) is 24.8 Å². The topological polar surface area (TPSA) is 48.3 Å². The van der Waals surface area contributed by atoms with Gasteiger partial charge in [0, 0.05) is 44.0 Å². The van der Waals surface area contributed by atoms with Crippen molar-refractivity contribution in [3.63, 3.8) is 0 Å². The Bertz CT molecular complexity index is 578. The Morgan fingerprint density at radius 3 is 3.05 bits per heavy atom. The fraction of sp³-hybridized carbons (Fsp3) is 0.562. The molecule has 3 rings (SSSR count). The van der Waals surface area contributed by atoms with Gasteiger partial charge in [-0.05, 0) is 30.5 Å². The molecule has 1 N–H and O–H groups in total. The molecule has 0 saturated heterocycles. The van der Waals surface area contributed by atoms with E-state index in [-0.39, 0.29) is 0 Å². The molecule has 0 bridgehead atoms. The van der Waals surface area contributed by atoms with E-state index in [4.69, 9.17) is 9.47 Å². The Labute approximate surface area is 125 Å². The van der Waals surface area contributed by atoms with E-state index >= 15 is 0 Å². The fourth-order valence-electron chi connectivity index (χ4n) is 2.46. The van der Waals surface area contributed by atoms with Crippen LogP contribution in [0.15, 0.2) is 24.5 Å². The van der Waals surface area contributed by atoms with Crippen LogP contribution in [0.3, 0.4) is 0 Å². The predicted octanol–water partition coefficient (Wildman–Crippen LogP) is 1.95. The minimum atomic E-state index is 0.638. The molecule has 1 aliphatic carbocycles. The fourth-order valence-corrected chi connectivity index (χ4v) is 2.46. The zero-order chi connectivity index (χ0) is 14.5. The smallest absolute Gasteiger partial charge is 0.140 e. The lowest BCUT2D eigenvalue weighted by Gasteiger charge is -2.05. The average Bonchev–Trinajstić information content (AvgIpc) is 3.28. The molecule has 0 atom stereocenters. The van der Waals surface area contributed by atoms with Crippen LogP contribution in [-0.4, -0.2) is 42.5 Å². The molecule has 21 heavy (non-hydrogen) atoms. The van der Waals surface area contributed by atoms with Crippen LogP contribution in [-0.2, 0) is 22.6 Å². The lowest BCUT2D eigenvalue weighted by atomic mass is 10.2. The van der Waals surface area contributed by atoms with Crippen molar-refractivity contribution in [1.29, 1.82) is 0 Å². The Morgan fingerprint density at radius 2 is 2.24 bits per heavy atom. The molecule has 2 heterocycles. The van der Waals surface area contributed by atoms with Gasteiger partial charge in [0.2, 0.25) is 0 Å². The molecule has 1 fully saturated rings. The van der Waals surface area contributed by atoms with Crippen LogP contribution in [0.1, 0.15) is 18.4 Å². The van der Waals surface area contributed by atoms with Gasteiger partial charge in [-0.2, -0.15) is 0 Å². The third kappa shape index (κ3) is 3.81. The number of aromatic nitrogens is 2. The van der Waals surface area contributed by atoms with Crippen molar-refractivity contribution in [2.24, 2.45) is 0 Å².